The molecule has 0 aliphatic carbocycles. The van der Waals surface area contributed by atoms with Gasteiger partial charge in [0.05, 0.1) is 5.60 Å². The van der Waals surface area contributed by atoms with Crippen molar-refractivity contribution in [3.63, 3.8) is 0 Å². The molecule has 0 saturated carbocycles. The van der Waals surface area contributed by atoms with Gasteiger partial charge in [-0.05, 0) is 33.1 Å². The fourth-order valence-corrected chi connectivity index (χ4v) is 1.36. The Bertz CT molecular complexity index is 192. The molecule has 1 unspecified atom stereocenters. The Morgan fingerprint density at radius 3 is 2.79 bits per heavy atom. The van der Waals surface area contributed by atoms with Crippen molar-refractivity contribution >= 4 is 5.91 Å². The highest BCUT2D eigenvalue weighted by molar-refractivity contribution is 5.80. The van der Waals surface area contributed by atoms with E-state index in [0.29, 0.717) is 6.61 Å². The van der Waals surface area contributed by atoms with E-state index in [1.54, 1.807) is 13.8 Å². The van der Waals surface area contributed by atoms with Crippen LogP contribution in [0.2, 0.25) is 0 Å². The van der Waals surface area contributed by atoms with Gasteiger partial charge in [0.1, 0.15) is 6.10 Å². The summed E-state index contributed by atoms with van der Waals surface area (Å²) in [5.41, 5.74) is -0.857. The van der Waals surface area contributed by atoms with E-state index in [9.17, 15) is 9.90 Å². The summed E-state index contributed by atoms with van der Waals surface area (Å²) in [7, 11) is 0. The van der Waals surface area contributed by atoms with Crippen LogP contribution in [0.15, 0.2) is 0 Å². The molecule has 1 saturated heterocycles. The molecule has 4 heteroatoms. The van der Waals surface area contributed by atoms with Crippen LogP contribution in [0.1, 0.15) is 33.1 Å². The summed E-state index contributed by atoms with van der Waals surface area (Å²) in [6.45, 7) is 4.26. The monoisotopic (exact) mass is 201 g/mol. The van der Waals surface area contributed by atoms with Crippen LogP contribution < -0.4 is 5.32 Å². The molecule has 0 radical (unpaired) electrons. The second kappa shape index (κ2) is 4.75. The number of ether oxygens (including phenoxy) is 1. The van der Waals surface area contributed by atoms with E-state index in [-0.39, 0.29) is 18.6 Å². The standard InChI is InChI=1S/C10H19NO3/c1-10(2,13)7-11-9(12)8-5-3-4-6-14-8/h8,13H,3-7H2,1-2H3,(H,11,12). The van der Waals surface area contributed by atoms with Crippen LogP contribution in [-0.2, 0) is 9.53 Å². The van der Waals surface area contributed by atoms with E-state index in [1.165, 1.54) is 0 Å². The van der Waals surface area contributed by atoms with E-state index in [4.69, 9.17) is 4.74 Å². The lowest BCUT2D eigenvalue weighted by atomic mass is 10.1. The van der Waals surface area contributed by atoms with Crippen LogP contribution in [0.3, 0.4) is 0 Å². The number of amides is 1. The van der Waals surface area contributed by atoms with Crippen molar-refractivity contribution in [2.45, 2.75) is 44.8 Å². The van der Waals surface area contributed by atoms with Gasteiger partial charge in [0.15, 0.2) is 0 Å². The first-order valence-electron chi connectivity index (χ1n) is 5.11. The van der Waals surface area contributed by atoms with Gasteiger partial charge in [-0.3, -0.25) is 4.79 Å². The Morgan fingerprint density at radius 2 is 2.29 bits per heavy atom. The van der Waals surface area contributed by atoms with Crippen molar-refractivity contribution in [3.8, 4) is 0 Å². The van der Waals surface area contributed by atoms with Gasteiger partial charge in [0.2, 0.25) is 5.91 Å². The Balaban J connectivity index is 2.27. The van der Waals surface area contributed by atoms with Gasteiger partial charge in [-0.2, -0.15) is 0 Å². The molecule has 0 aromatic heterocycles. The molecule has 0 spiro atoms. The molecule has 2 N–H and O–H groups in total. The third-order valence-corrected chi connectivity index (χ3v) is 2.17. The fourth-order valence-electron chi connectivity index (χ4n) is 1.36. The van der Waals surface area contributed by atoms with Gasteiger partial charge in [-0.15, -0.1) is 0 Å². The van der Waals surface area contributed by atoms with Crippen molar-refractivity contribution < 1.29 is 14.6 Å². The van der Waals surface area contributed by atoms with E-state index in [2.05, 4.69) is 5.32 Å². The van der Waals surface area contributed by atoms with Crippen molar-refractivity contribution in [2.75, 3.05) is 13.2 Å². The fraction of sp³-hybridized carbons (Fsp3) is 0.900. The van der Waals surface area contributed by atoms with Crippen LogP contribution in [0.25, 0.3) is 0 Å². The number of carbonyl (C=O) groups is 1. The minimum absolute atomic E-state index is 0.105. The van der Waals surface area contributed by atoms with E-state index in [0.717, 1.165) is 19.3 Å². The highest BCUT2D eigenvalue weighted by Gasteiger charge is 2.23. The molecule has 4 nitrogen and oxygen atoms in total. The molecule has 0 aromatic carbocycles. The second-order valence-corrected chi connectivity index (χ2v) is 4.39. The number of hydrogen-bond donors (Lipinski definition) is 2. The number of carbonyl (C=O) groups excluding carboxylic acids is 1. The molecule has 0 bridgehead atoms. The number of nitrogens with one attached hydrogen (secondary N) is 1. The van der Waals surface area contributed by atoms with Gasteiger partial charge < -0.3 is 15.2 Å². The normalized spacial score (nSPS) is 23.2. The molecule has 82 valence electrons. The Kier molecular flexibility index (Phi) is 3.89. The molecular weight excluding hydrogens is 182 g/mol. The molecule has 1 fully saturated rings. The lowest BCUT2D eigenvalue weighted by Crippen LogP contribution is -2.44. The summed E-state index contributed by atoms with van der Waals surface area (Å²) in [5.74, 6) is -0.105. The third-order valence-electron chi connectivity index (χ3n) is 2.17. The first-order chi connectivity index (χ1) is 6.49. The zero-order chi connectivity index (χ0) is 10.6. The topological polar surface area (TPSA) is 58.6 Å². The third kappa shape index (κ3) is 4.07. The molecule has 1 rings (SSSR count). The van der Waals surface area contributed by atoms with E-state index < -0.39 is 5.60 Å². The van der Waals surface area contributed by atoms with Crippen LogP contribution in [0, 0.1) is 0 Å². The van der Waals surface area contributed by atoms with Crippen LogP contribution in [0.4, 0.5) is 0 Å². The molecule has 1 aliphatic heterocycles. The highest BCUT2D eigenvalue weighted by atomic mass is 16.5. The number of rotatable bonds is 3. The van der Waals surface area contributed by atoms with E-state index >= 15 is 0 Å². The van der Waals surface area contributed by atoms with Gasteiger partial charge in [-0.25, -0.2) is 0 Å². The van der Waals surface area contributed by atoms with E-state index in [1.807, 2.05) is 0 Å². The van der Waals surface area contributed by atoms with Crippen molar-refractivity contribution in [1.82, 2.24) is 5.32 Å². The minimum atomic E-state index is -0.857. The van der Waals surface area contributed by atoms with Crippen molar-refractivity contribution in [1.29, 1.82) is 0 Å². The highest BCUT2D eigenvalue weighted by Crippen LogP contribution is 2.12. The average Bonchev–Trinajstić information content (AvgIpc) is 2.14. The van der Waals surface area contributed by atoms with Gasteiger partial charge >= 0.3 is 0 Å². The average molecular weight is 201 g/mol. The summed E-state index contributed by atoms with van der Waals surface area (Å²) in [4.78, 5) is 11.5. The lowest BCUT2D eigenvalue weighted by molar-refractivity contribution is -0.136. The van der Waals surface area contributed by atoms with Crippen LogP contribution in [0.5, 0.6) is 0 Å². The molecule has 1 heterocycles. The number of aliphatic hydroxyl groups is 1. The smallest absolute Gasteiger partial charge is 0.249 e. The van der Waals surface area contributed by atoms with Gasteiger partial charge in [-0.1, -0.05) is 0 Å². The maximum absolute atomic E-state index is 11.5. The lowest BCUT2D eigenvalue weighted by Gasteiger charge is -2.24. The van der Waals surface area contributed by atoms with Gasteiger partial charge in [0.25, 0.3) is 0 Å². The Hall–Kier alpha value is -0.610. The first kappa shape index (κ1) is 11.5. The van der Waals surface area contributed by atoms with Crippen LogP contribution in [-0.4, -0.2) is 35.9 Å². The zero-order valence-corrected chi connectivity index (χ0v) is 8.88. The van der Waals surface area contributed by atoms with Gasteiger partial charge in [0, 0.05) is 13.2 Å². The summed E-state index contributed by atoms with van der Waals surface area (Å²) in [5, 5.41) is 12.1. The molecule has 1 atom stereocenters. The number of hydrogen-bond acceptors (Lipinski definition) is 3. The second-order valence-electron chi connectivity index (χ2n) is 4.39. The summed E-state index contributed by atoms with van der Waals surface area (Å²) < 4.78 is 5.31. The first-order valence-corrected chi connectivity index (χ1v) is 5.11. The SMILES string of the molecule is CC(C)(O)CNC(=O)C1CCCCO1. The predicted octanol–water partition coefficient (Wildman–Crippen LogP) is 0.443. The summed E-state index contributed by atoms with van der Waals surface area (Å²) >= 11 is 0. The molecular formula is C10H19NO3. The summed E-state index contributed by atoms with van der Waals surface area (Å²) in [6.07, 6.45) is 2.55. The largest absolute Gasteiger partial charge is 0.389 e. The predicted molar refractivity (Wildman–Crippen MR) is 52.9 cm³/mol. The quantitative estimate of drug-likeness (QED) is 0.696. The van der Waals surface area contributed by atoms with Crippen molar-refractivity contribution in [3.05, 3.63) is 0 Å². The summed E-state index contributed by atoms with van der Waals surface area (Å²) in [6, 6.07) is 0. The zero-order valence-electron chi connectivity index (χ0n) is 8.88. The Labute approximate surface area is 84.6 Å². The molecule has 0 aromatic rings. The van der Waals surface area contributed by atoms with Crippen LogP contribution >= 0.6 is 0 Å². The maximum Gasteiger partial charge on any atom is 0.249 e. The maximum atomic E-state index is 11.5. The van der Waals surface area contributed by atoms with Crippen molar-refractivity contribution in [2.24, 2.45) is 0 Å². The minimum Gasteiger partial charge on any atom is -0.389 e. The Morgan fingerprint density at radius 1 is 1.57 bits per heavy atom. The molecule has 1 amide bonds. The molecule has 14 heavy (non-hydrogen) atoms. The molecule has 1 aliphatic rings.